The van der Waals surface area contributed by atoms with E-state index in [0.29, 0.717) is 39.0 Å². The van der Waals surface area contributed by atoms with Crippen molar-refractivity contribution in [3.63, 3.8) is 0 Å². The topological polar surface area (TPSA) is 291 Å². The van der Waals surface area contributed by atoms with Gasteiger partial charge in [-0.25, -0.2) is 0 Å². The summed E-state index contributed by atoms with van der Waals surface area (Å²) in [4.78, 5) is 60.3. The molecule has 0 spiro atoms. The highest BCUT2D eigenvalue weighted by Gasteiger charge is 2.34. The van der Waals surface area contributed by atoms with Crippen LogP contribution in [0.5, 0.6) is 23.0 Å². The SMILES string of the molecule is O=C(CC(O)(CC(=O)NCCC[NH2+]CCCCNC(=O)c1ccc(O)c(O)c1)C(=O)[O-])NCCC[NH2+]CCCCNC(=O)c1ccc(O)c(O)c1. The van der Waals surface area contributed by atoms with Gasteiger partial charge in [-0.2, -0.15) is 0 Å². The maximum Gasteiger partial charge on any atom is 0.251 e. The number of benzene rings is 2. The second-order valence-electron chi connectivity index (χ2n) is 12.1. The predicted molar refractivity (Wildman–Crippen MR) is 180 cm³/mol. The van der Waals surface area contributed by atoms with Gasteiger partial charge in [0.25, 0.3) is 11.8 Å². The number of nitrogens with one attached hydrogen (secondary N) is 4. The van der Waals surface area contributed by atoms with Crippen molar-refractivity contribution >= 4 is 29.6 Å². The smallest absolute Gasteiger partial charge is 0.251 e. The van der Waals surface area contributed by atoms with Gasteiger partial charge in [0, 0.05) is 50.1 Å². The van der Waals surface area contributed by atoms with Crippen LogP contribution in [0.2, 0.25) is 0 Å². The average molecular weight is 720 g/mol. The second kappa shape index (κ2) is 22.6. The molecule has 4 amide bonds. The number of nitrogens with two attached hydrogens (primary N) is 2. The molecule has 2 aromatic rings. The highest BCUT2D eigenvalue weighted by atomic mass is 16.4. The van der Waals surface area contributed by atoms with Gasteiger partial charge >= 0.3 is 0 Å². The minimum atomic E-state index is -2.65. The molecular weight excluding hydrogens is 668 g/mol. The molecule has 17 nitrogen and oxygen atoms in total. The first-order valence-corrected chi connectivity index (χ1v) is 17.0. The second-order valence-corrected chi connectivity index (χ2v) is 12.1. The van der Waals surface area contributed by atoms with E-state index in [2.05, 4.69) is 21.3 Å². The van der Waals surface area contributed by atoms with Crippen molar-refractivity contribution in [3.05, 3.63) is 47.5 Å². The summed E-state index contributed by atoms with van der Waals surface area (Å²) in [6.45, 7) is 4.28. The van der Waals surface area contributed by atoms with Gasteiger partial charge in [0.1, 0.15) is 5.60 Å². The Bertz CT molecular complexity index is 1360. The molecule has 0 atom stereocenters. The van der Waals surface area contributed by atoms with E-state index in [0.717, 1.165) is 38.8 Å². The summed E-state index contributed by atoms with van der Waals surface area (Å²) in [6, 6.07) is 7.67. The number of hydrogen-bond acceptors (Lipinski definition) is 11. The third kappa shape index (κ3) is 16.4. The van der Waals surface area contributed by atoms with Crippen molar-refractivity contribution in [2.24, 2.45) is 0 Å². The molecule has 0 saturated heterocycles. The number of rotatable bonds is 25. The molecule has 0 aliphatic carbocycles. The Kier molecular flexibility index (Phi) is 18.6. The van der Waals surface area contributed by atoms with Gasteiger partial charge in [0.2, 0.25) is 11.8 Å². The number of amides is 4. The van der Waals surface area contributed by atoms with E-state index in [1.54, 1.807) is 0 Å². The fraction of sp³-hybridized carbons (Fsp3) is 0.500. The van der Waals surface area contributed by atoms with Crippen LogP contribution in [-0.4, -0.2) is 113 Å². The first-order valence-electron chi connectivity index (χ1n) is 17.0. The molecule has 0 aliphatic rings. The first kappa shape index (κ1) is 42.0. The lowest BCUT2D eigenvalue weighted by molar-refractivity contribution is -0.655. The van der Waals surface area contributed by atoms with Crippen molar-refractivity contribution in [3.8, 4) is 23.0 Å². The standard InChI is InChI=1S/C34H50N6O11/c41-25-9-7-23(19-27(25)43)31(47)39-15-3-1-11-35-13-5-17-37-29(45)21-34(51,33(49)50)22-30(46)38-18-6-14-36-12-2-4-16-40-32(48)24-8-10-26(42)28(44)20-24/h7-10,19-20,35-36,41-44,51H,1-6,11-18,21-22H2,(H,37,45)(H,38,46)(H,39,47)(H,40,48)(H,49,50)/p+1. The van der Waals surface area contributed by atoms with E-state index in [1.807, 2.05) is 10.6 Å². The Labute approximate surface area is 295 Å². The first-order chi connectivity index (χ1) is 24.3. The van der Waals surface area contributed by atoms with Crippen molar-refractivity contribution < 1.29 is 65.2 Å². The van der Waals surface area contributed by atoms with E-state index < -0.39 is 36.2 Å². The molecule has 0 unspecified atom stereocenters. The van der Waals surface area contributed by atoms with E-state index in [-0.39, 0.29) is 59.0 Å². The van der Waals surface area contributed by atoms with Gasteiger partial charge in [-0.15, -0.1) is 0 Å². The summed E-state index contributed by atoms with van der Waals surface area (Å²) in [5, 5.41) is 74.3. The molecule has 17 heteroatoms. The zero-order chi connectivity index (χ0) is 37.6. The number of phenolic OH excluding ortho intramolecular Hbond substituents is 4. The minimum absolute atomic E-state index is 0.241. The van der Waals surface area contributed by atoms with Crippen molar-refractivity contribution in [1.82, 2.24) is 21.3 Å². The predicted octanol–water partition coefficient (Wildman–Crippen LogP) is -3.37. The maximum atomic E-state index is 12.3. The van der Waals surface area contributed by atoms with Crippen LogP contribution in [0.3, 0.4) is 0 Å². The lowest BCUT2D eigenvalue weighted by Crippen LogP contribution is -2.84. The molecule has 0 radical (unpaired) electrons. The molecule has 2 aromatic carbocycles. The number of quaternary nitrogens is 2. The Morgan fingerprint density at radius 2 is 0.922 bits per heavy atom. The van der Waals surface area contributed by atoms with E-state index in [4.69, 9.17) is 0 Å². The zero-order valence-corrected chi connectivity index (χ0v) is 28.6. The summed E-state index contributed by atoms with van der Waals surface area (Å²) in [7, 11) is 0. The number of aliphatic hydroxyl groups is 1. The number of hydrogen-bond donors (Lipinski definition) is 11. The van der Waals surface area contributed by atoms with Crippen LogP contribution < -0.4 is 37.0 Å². The molecular formula is C34H51N6O11+. The monoisotopic (exact) mass is 719 g/mol. The Morgan fingerprint density at radius 1 is 0.549 bits per heavy atom. The van der Waals surface area contributed by atoms with Crippen molar-refractivity contribution in [2.45, 2.75) is 57.0 Å². The highest BCUT2D eigenvalue weighted by Crippen LogP contribution is 2.25. The van der Waals surface area contributed by atoms with Crippen molar-refractivity contribution in [1.29, 1.82) is 0 Å². The molecule has 282 valence electrons. The molecule has 0 aromatic heterocycles. The lowest BCUT2D eigenvalue weighted by atomic mass is 9.94. The summed E-state index contributed by atoms with van der Waals surface area (Å²) < 4.78 is 0. The van der Waals surface area contributed by atoms with Gasteiger partial charge in [0.05, 0.1) is 45.0 Å². The molecule has 13 N–H and O–H groups in total. The van der Waals surface area contributed by atoms with Crippen LogP contribution in [0, 0.1) is 0 Å². The summed E-state index contributed by atoms with van der Waals surface area (Å²) >= 11 is 0. The molecule has 2 rings (SSSR count). The molecule has 0 heterocycles. The van der Waals surface area contributed by atoms with Crippen LogP contribution in [0.25, 0.3) is 0 Å². The number of phenols is 4. The Hall–Kier alpha value is -5.13. The third-order valence-electron chi connectivity index (χ3n) is 7.82. The fourth-order valence-corrected chi connectivity index (χ4v) is 4.86. The number of carboxylic acids is 1. The lowest BCUT2D eigenvalue weighted by Gasteiger charge is -2.28. The molecule has 51 heavy (non-hydrogen) atoms. The van der Waals surface area contributed by atoms with Crippen LogP contribution in [-0.2, 0) is 14.4 Å². The molecule has 0 aliphatic heterocycles. The van der Waals surface area contributed by atoms with Crippen LogP contribution in [0.1, 0.15) is 72.1 Å². The van der Waals surface area contributed by atoms with Gasteiger partial charge in [-0.1, -0.05) is 0 Å². The maximum absolute atomic E-state index is 12.3. The van der Waals surface area contributed by atoms with Crippen LogP contribution in [0.15, 0.2) is 36.4 Å². The Balaban J connectivity index is 1.47. The minimum Gasteiger partial charge on any atom is -0.547 e. The van der Waals surface area contributed by atoms with Crippen LogP contribution in [0.4, 0.5) is 0 Å². The average Bonchev–Trinajstić information content (AvgIpc) is 3.08. The van der Waals surface area contributed by atoms with Gasteiger partial charge in [-0.3, -0.25) is 19.2 Å². The number of carbonyl (C=O) groups excluding carboxylic acids is 5. The quantitative estimate of drug-likeness (QED) is 0.0356. The number of aliphatic carboxylic acids is 1. The molecule has 0 saturated carbocycles. The number of carbonyl (C=O) groups is 5. The van der Waals surface area contributed by atoms with Gasteiger partial charge < -0.3 is 67.3 Å². The summed E-state index contributed by atoms with van der Waals surface area (Å²) in [5.41, 5.74) is -2.17. The Morgan fingerprint density at radius 3 is 1.29 bits per heavy atom. The summed E-state index contributed by atoms with van der Waals surface area (Å²) in [6.07, 6.45) is 2.58. The van der Waals surface area contributed by atoms with E-state index >= 15 is 0 Å². The highest BCUT2D eigenvalue weighted by molar-refractivity contribution is 5.95. The zero-order valence-electron chi connectivity index (χ0n) is 28.6. The van der Waals surface area contributed by atoms with Gasteiger partial charge in [-0.05, 0) is 62.1 Å². The largest absolute Gasteiger partial charge is 0.547 e. The van der Waals surface area contributed by atoms with Gasteiger partial charge in [0.15, 0.2) is 23.0 Å². The van der Waals surface area contributed by atoms with Crippen LogP contribution >= 0.6 is 0 Å². The van der Waals surface area contributed by atoms with E-state index in [9.17, 15) is 54.6 Å². The molecule has 0 fully saturated rings. The number of carboxylic acid groups (broad SMARTS) is 1. The number of unbranched alkanes of at least 4 members (excludes halogenated alkanes) is 2. The molecule has 0 bridgehead atoms. The van der Waals surface area contributed by atoms with Crippen molar-refractivity contribution in [2.75, 3.05) is 52.4 Å². The number of aromatic hydroxyl groups is 4. The fourth-order valence-electron chi connectivity index (χ4n) is 4.86. The third-order valence-corrected chi connectivity index (χ3v) is 7.82. The normalized spacial score (nSPS) is 11.1. The summed E-state index contributed by atoms with van der Waals surface area (Å²) in [5.74, 6) is -5.41. The van der Waals surface area contributed by atoms with E-state index in [1.165, 1.54) is 36.4 Å².